The molecule has 0 aliphatic carbocycles. The van der Waals surface area contributed by atoms with Gasteiger partial charge in [-0.05, 0) is 0 Å². The van der Waals surface area contributed by atoms with E-state index in [-0.39, 0.29) is 0 Å². The molecule has 128 valence electrons. The Bertz CT molecular complexity index is 581. The summed E-state index contributed by atoms with van der Waals surface area (Å²) in [5, 5.41) is 9.74. The van der Waals surface area contributed by atoms with E-state index in [4.69, 9.17) is 5.10 Å². The van der Waals surface area contributed by atoms with E-state index in [1.54, 1.807) is 3.71 Å². The molecule has 1 aromatic carbocycles. The van der Waals surface area contributed by atoms with Crippen LogP contribution in [0, 0.1) is 6.92 Å². The summed E-state index contributed by atoms with van der Waals surface area (Å²) in [6, 6.07) is 6.86. The second-order valence-electron chi connectivity index (χ2n) is 7.21. The van der Waals surface area contributed by atoms with Gasteiger partial charge in [0.25, 0.3) is 0 Å². The van der Waals surface area contributed by atoms with Crippen molar-refractivity contribution in [2.24, 2.45) is 0 Å². The molecular weight excluding hydrogens is 387 g/mol. The van der Waals surface area contributed by atoms with E-state index in [1.807, 2.05) is 0 Å². The van der Waals surface area contributed by atoms with Crippen molar-refractivity contribution in [3.63, 3.8) is 0 Å². The summed E-state index contributed by atoms with van der Waals surface area (Å²) >= 11 is -2.41. The van der Waals surface area contributed by atoms with Gasteiger partial charge in [0, 0.05) is 0 Å². The van der Waals surface area contributed by atoms with Gasteiger partial charge in [-0.3, -0.25) is 0 Å². The van der Waals surface area contributed by atoms with Gasteiger partial charge in [0.2, 0.25) is 0 Å². The van der Waals surface area contributed by atoms with Crippen molar-refractivity contribution in [3.8, 4) is 0 Å². The first-order valence-corrected chi connectivity index (χ1v) is 17.1. The zero-order valence-corrected chi connectivity index (χ0v) is 18.4. The van der Waals surface area contributed by atoms with E-state index >= 15 is 0 Å². The monoisotopic (exact) mass is 422 g/mol. The van der Waals surface area contributed by atoms with Crippen molar-refractivity contribution < 1.29 is 0 Å². The summed E-state index contributed by atoms with van der Waals surface area (Å²) in [6.07, 6.45) is 8.13. The quantitative estimate of drug-likeness (QED) is 0.474. The fraction of sp³-hybridized carbons (Fsp3) is 0.650. The van der Waals surface area contributed by atoms with Crippen LogP contribution in [-0.4, -0.2) is 28.6 Å². The van der Waals surface area contributed by atoms with Crippen LogP contribution >= 0.6 is 0 Å². The first-order chi connectivity index (χ1) is 11.2. The molecule has 0 bridgehead atoms. The summed E-state index contributed by atoms with van der Waals surface area (Å²) in [6.45, 7) is 9.18. The van der Waals surface area contributed by atoms with E-state index in [1.165, 1.54) is 68.3 Å². The Balaban J connectivity index is 2.46. The summed E-state index contributed by atoms with van der Waals surface area (Å²) in [5.41, 5.74) is 2.58. The Morgan fingerprint density at radius 2 is 1.48 bits per heavy atom. The number of nitrogens with one attached hydrogen (secondary N) is 1. The molecule has 0 saturated carbocycles. The average Bonchev–Trinajstić information content (AvgIpc) is 2.98. The predicted octanol–water partition coefficient (Wildman–Crippen LogP) is 5.93. The number of rotatable bonds is 10. The van der Waals surface area contributed by atoms with Gasteiger partial charge in [0.15, 0.2) is 0 Å². The number of benzene rings is 1. The number of hydrogen-bond acceptors (Lipinski definition) is 1. The molecule has 3 heteroatoms. The molecule has 23 heavy (non-hydrogen) atoms. The number of aromatic amines is 1. The third-order valence-electron chi connectivity index (χ3n) is 5.25. The number of fused-ring (bicyclic) bond motifs is 1. The SMILES string of the molecule is CCC[CH2][Sn]([CH2]CCC)([CH2]CCC)[c]1n[nH]c2cc(C)ccc12. The molecule has 0 radical (unpaired) electrons. The number of nitrogens with zero attached hydrogens (tertiary/aromatic N) is 1. The molecule has 0 atom stereocenters. The van der Waals surface area contributed by atoms with Gasteiger partial charge in [0.1, 0.15) is 0 Å². The number of H-pyrrole nitrogens is 1. The van der Waals surface area contributed by atoms with E-state index < -0.39 is 18.4 Å². The first-order valence-electron chi connectivity index (χ1n) is 9.62. The molecule has 0 fully saturated rings. The van der Waals surface area contributed by atoms with Crippen molar-refractivity contribution in [1.29, 1.82) is 0 Å². The molecule has 1 aromatic heterocycles. The molecule has 0 unspecified atom stereocenters. The summed E-state index contributed by atoms with van der Waals surface area (Å²) in [5.74, 6) is 0. The average molecular weight is 421 g/mol. The molecule has 0 aliphatic rings. The van der Waals surface area contributed by atoms with Gasteiger partial charge in [-0.1, -0.05) is 0 Å². The predicted molar refractivity (Wildman–Crippen MR) is 105 cm³/mol. The third-order valence-corrected chi connectivity index (χ3v) is 20.4. The summed E-state index contributed by atoms with van der Waals surface area (Å²) < 4.78 is 6.00. The van der Waals surface area contributed by atoms with E-state index in [9.17, 15) is 0 Å². The third kappa shape index (κ3) is 4.52. The Hall–Kier alpha value is -0.511. The van der Waals surface area contributed by atoms with Gasteiger partial charge in [-0.2, -0.15) is 0 Å². The Labute approximate surface area is 146 Å². The van der Waals surface area contributed by atoms with Crippen LogP contribution in [0.1, 0.15) is 64.9 Å². The molecule has 2 nitrogen and oxygen atoms in total. The zero-order valence-electron chi connectivity index (χ0n) is 15.5. The molecular formula is C20H34N2Sn. The topological polar surface area (TPSA) is 28.7 Å². The van der Waals surface area contributed by atoms with Crippen molar-refractivity contribution in [2.75, 3.05) is 0 Å². The van der Waals surface area contributed by atoms with Gasteiger partial charge in [-0.15, -0.1) is 0 Å². The van der Waals surface area contributed by atoms with Crippen LogP contribution in [-0.2, 0) is 0 Å². The van der Waals surface area contributed by atoms with Crippen LogP contribution in [0.25, 0.3) is 10.9 Å². The van der Waals surface area contributed by atoms with Crippen LogP contribution in [0.2, 0.25) is 13.3 Å². The molecule has 1 N–H and O–H groups in total. The van der Waals surface area contributed by atoms with Gasteiger partial charge in [-0.25, -0.2) is 0 Å². The Morgan fingerprint density at radius 1 is 0.913 bits per heavy atom. The van der Waals surface area contributed by atoms with Crippen LogP contribution in [0.4, 0.5) is 0 Å². The van der Waals surface area contributed by atoms with Crippen molar-refractivity contribution >= 4 is 33.0 Å². The minimum absolute atomic E-state index is 1.26. The van der Waals surface area contributed by atoms with Gasteiger partial charge < -0.3 is 0 Å². The van der Waals surface area contributed by atoms with Crippen LogP contribution < -0.4 is 3.71 Å². The Morgan fingerprint density at radius 3 is 2.00 bits per heavy atom. The Kier molecular flexibility index (Phi) is 7.45. The number of unbranched alkanes of at least 4 members (excludes halogenated alkanes) is 3. The molecule has 0 amide bonds. The molecule has 0 spiro atoms. The van der Waals surface area contributed by atoms with Crippen molar-refractivity contribution in [2.45, 2.75) is 79.5 Å². The summed E-state index contributed by atoms with van der Waals surface area (Å²) in [4.78, 5) is 0. The van der Waals surface area contributed by atoms with Gasteiger partial charge in [0.05, 0.1) is 0 Å². The van der Waals surface area contributed by atoms with E-state index in [0.29, 0.717) is 0 Å². The van der Waals surface area contributed by atoms with Crippen LogP contribution in [0.15, 0.2) is 18.2 Å². The zero-order chi connectivity index (χ0) is 16.7. The van der Waals surface area contributed by atoms with Crippen molar-refractivity contribution in [1.82, 2.24) is 10.2 Å². The second kappa shape index (κ2) is 9.10. The summed E-state index contributed by atoms with van der Waals surface area (Å²) in [7, 11) is 0. The van der Waals surface area contributed by atoms with E-state index in [2.05, 4.69) is 51.0 Å². The molecule has 0 saturated heterocycles. The molecule has 2 aromatic rings. The standard InChI is InChI=1S/C8H7N2.3C4H9.Sn/c1-6-2-3-7-5-9-10-8(7)4-6;3*1-3-4-2;/h2-4H,1H3,(H,9,10);3*1,3-4H2,2H3;. The number of aromatic nitrogens is 2. The maximum atomic E-state index is 4.94. The van der Waals surface area contributed by atoms with Crippen molar-refractivity contribution in [3.05, 3.63) is 23.8 Å². The normalized spacial score (nSPS) is 12.2. The van der Waals surface area contributed by atoms with E-state index in [0.717, 1.165) is 0 Å². The fourth-order valence-corrected chi connectivity index (χ4v) is 19.9. The maximum absolute atomic E-state index is 4.94. The van der Waals surface area contributed by atoms with Crippen LogP contribution in [0.3, 0.4) is 0 Å². The van der Waals surface area contributed by atoms with Gasteiger partial charge >= 0.3 is 146 Å². The number of aryl methyl sites for hydroxylation is 1. The molecule has 2 rings (SSSR count). The second-order valence-corrected chi connectivity index (χ2v) is 20.2. The minimum atomic E-state index is -2.41. The number of hydrogen-bond donors (Lipinski definition) is 1. The van der Waals surface area contributed by atoms with Crippen LogP contribution in [0.5, 0.6) is 0 Å². The molecule has 0 aliphatic heterocycles. The molecule has 1 heterocycles. The fourth-order valence-electron chi connectivity index (χ4n) is 3.81. The first kappa shape index (κ1) is 18.8.